The Labute approximate surface area is 168 Å². The first-order valence-electron chi connectivity index (χ1n) is 9.34. The Balaban J connectivity index is 2.54. The first kappa shape index (κ1) is 22.1. The van der Waals surface area contributed by atoms with Gasteiger partial charge in [0.1, 0.15) is 0 Å². The molecule has 156 valence electrons. The quantitative estimate of drug-likeness (QED) is 0.224. The molecule has 1 heterocycles. The van der Waals surface area contributed by atoms with Crippen LogP contribution in [-0.2, 0) is 14.3 Å². The lowest BCUT2D eigenvalue weighted by molar-refractivity contribution is -0.384. The number of carbonyl (C=O) groups is 2. The normalized spacial score (nSPS) is 16.4. The number of nitro groups is 1. The van der Waals surface area contributed by atoms with E-state index in [9.17, 15) is 24.8 Å². The molecular weight excluding hydrogens is 378 g/mol. The van der Waals surface area contributed by atoms with Crippen LogP contribution in [0.5, 0.6) is 0 Å². The number of aliphatic carboxylic acids is 1. The number of non-ortho nitro benzene ring substituents is 1. The summed E-state index contributed by atoms with van der Waals surface area (Å²) in [5.41, 5.74) is 2.32. The molecule has 0 spiro atoms. The number of allylic oxidation sites excluding steroid dienone is 3. The summed E-state index contributed by atoms with van der Waals surface area (Å²) in [7, 11) is 1.61. The highest BCUT2D eigenvalue weighted by molar-refractivity contribution is 5.91. The fourth-order valence-corrected chi connectivity index (χ4v) is 3.44. The molecule has 0 radical (unpaired) electrons. The molecule has 1 aliphatic rings. The third-order valence-electron chi connectivity index (χ3n) is 4.79. The average molecular weight is 403 g/mol. The van der Waals surface area contributed by atoms with Gasteiger partial charge in [0, 0.05) is 42.9 Å². The van der Waals surface area contributed by atoms with Crippen LogP contribution in [0.3, 0.4) is 0 Å². The Morgan fingerprint density at radius 2 is 2.00 bits per heavy atom. The number of carbonyl (C=O) groups excluding carboxylic acids is 1. The molecule has 1 unspecified atom stereocenters. The van der Waals surface area contributed by atoms with Gasteiger partial charge >= 0.3 is 5.97 Å². The lowest BCUT2D eigenvalue weighted by Crippen LogP contribution is -2.35. The van der Waals surface area contributed by atoms with Crippen molar-refractivity contribution in [3.05, 3.63) is 62.6 Å². The van der Waals surface area contributed by atoms with Crippen molar-refractivity contribution in [2.75, 3.05) is 13.7 Å². The number of nitrogens with zero attached hydrogens (tertiary/aromatic N) is 1. The van der Waals surface area contributed by atoms with E-state index in [1.54, 1.807) is 7.11 Å². The maximum absolute atomic E-state index is 12.2. The van der Waals surface area contributed by atoms with Crippen LogP contribution in [0, 0.1) is 10.1 Å². The Bertz CT molecular complexity index is 829. The number of amides is 1. The predicted molar refractivity (Wildman–Crippen MR) is 106 cm³/mol. The summed E-state index contributed by atoms with van der Waals surface area (Å²) in [5, 5.41) is 26.7. The summed E-state index contributed by atoms with van der Waals surface area (Å²) < 4.78 is 5.05. The van der Waals surface area contributed by atoms with E-state index in [-0.39, 0.29) is 11.3 Å². The highest BCUT2D eigenvalue weighted by Gasteiger charge is 2.35. The Kier molecular flexibility index (Phi) is 7.90. The fraction of sp³-hybridized carbons (Fsp3) is 0.400. The number of unbranched alkanes of at least 4 members (excludes halogenated alkanes) is 1. The van der Waals surface area contributed by atoms with Crippen LogP contribution >= 0.6 is 0 Å². The molecule has 0 bridgehead atoms. The van der Waals surface area contributed by atoms with Crippen molar-refractivity contribution in [2.45, 2.75) is 38.5 Å². The van der Waals surface area contributed by atoms with Crippen molar-refractivity contribution in [1.29, 1.82) is 0 Å². The number of hydrogen-bond acceptors (Lipinski definition) is 6. The zero-order valence-electron chi connectivity index (χ0n) is 16.4. The first-order chi connectivity index (χ1) is 13.9. The number of ether oxygens (including phenoxy) is 1. The molecule has 0 saturated carbocycles. The molecule has 1 aromatic carbocycles. The van der Waals surface area contributed by atoms with E-state index >= 15 is 0 Å². The van der Waals surface area contributed by atoms with Gasteiger partial charge in [-0.15, -0.1) is 0 Å². The van der Waals surface area contributed by atoms with Crippen LogP contribution in [0.2, 0.25) is 0 Å². The number of carboxylic acid groups (broad SMARTS) is 1. The molecule has 1 aromatic rings. The Morgan fingerprint density at radius 1 is 1.31 bits per heavy atom. The fourth-order valence-electron chi connectivity index (χ4n) is 3.44. The summed E-state index contributed by atoms with van der Waals surface area (Å²) >= 11 is 0. The third kappa shape index (κ3) is 5.20. The molecule has 0 aliphatic carbocycles. The zero-order valence-corrected chi connectivity index (χ0v) is 16.4. The molecule has 29 heavy (non-hydrogen) atoms. The number of methoxy groups -OCH3 is 1. The van der Waals surface area contributed by atoms with Gasteiger partial charge in [0.2, 0.25) is 6.41 Å². The van der Waals surface area contributed by atoms with Gasteiger partial charge in [0.15, 0.2) is 0 Å². The average Bonchev–Trinajstić information content (AvgIpc) is 2.71. The van der Waals surface area contributed by atoms with Gasteiger partial charge in [0.25, 0.3) is 5.69 Å². The molecule has 0 fully saturated rings. The van der Waals surface area contributed by atoms with Crippen molar-refractivity contribution < 1.29 is 24.4 Å². The van der Waals surface area contributed by atoms with Crippen LogP contribution in [0.1, 0.15) is 44.1 Å². The Hall–Kier alpha value is -3.20. The lowest BCUT2D eigenvalue weighted by Gasteiger charge is -2.32. The van der Waals surface area contributed by atoms with Crippen molar-refractivity contribution in [3.8, 4) is 0 Å². The van der Waals surface area contributed by atoms with E-state index in [1.165, 1.54) is 24.3 Å². The lowest BCUT2D eigenvalue weighted by atomic mass is 9.82. The minimum atomic E-state index is -1.11. The largest absolute Gasteiger partial charge is 0.478 e. The second-order valence-electron chi connectivity index (χ2n) is 6.56. The van der Waals surface area contributed by atoms with E-state index in [2.05, 4.69) is 10.6 Å². The van der Waals surface area contributed by atoms with Gasteiger partial charge in [-0.1, -0.05) is 19.1 Å². The SMILES string of the molecule is CCC1=C(NC=O)C(c2ccc([N+](=O)[O-])cc2)C(C(=O)O)=C(CCCCOC)N1. The molecule has 9 heteroatoms. The molecular formula is C20H25N3O6. The summed E-state index contributed by atoms with van der Waals surface area (Å²) in [4.78, 5) is 33.9. The van der Waals surface area contributed by atoms with Gasteiger partial charge in [0.05, 0.1) is 16.4 Å². The van der Waals surface area contributed by atoms with Gasteiger partial charge < -0.3 is 20.5 Å². The minimum absolute atomic E-state index is 0.0899. The minimum Gasteiger partial charge on any atom is -0.478 e. The van der Waals surface area contributed by atoms with Gasteiger partial charge in [-0.3, -0.25) is 14.9 Å². The molecule has 9 nitrogen and oxygen atoms in total. The number of hydrogen-bond donors (Lipinski definition) is 3. The molecule has 0 aromatic heterocycles. The van der Waals surface area contributed by atoms with Crippen LogP contribution in [0.15, 0.2) is 46.9 Å². The maximum Gasteiger partial charge on any atom is 0.334 e. The zero-order chi connectivity index (χ0) is 21.4. The molecule has 3 N–H and O–H groups in total. The van der Waals surface area contributed by atoms with Crippen molar-refractivity contribution in [3.63, 3.8) is 0 Å². The number of rotatable bonds is 11. The van der Waals surface area contributed by atoms with Crippen LogP contribution in [-0.4, -0.2) is 36.1 Å². The van der Waals surface area contributed by atoms with E-state index in [0.29, 0.717) is 48.5 Å². The third-order valence-corrected chi connectivity index (χ3v) is 4.79. The van der Waals surface area contributed by atoms with Crippen LogP contribution in [0.25, 0.3) is 0 Å². The van der Waals surface area contributed by atoms with Crippen molar-refractivity contribution in [2.24, 2.45) is 0 Å². The predicted octanol–water partition coefficient (Wildman–Crippen LogP) is 2.80. The molecule has 1 atom stereocenters. The van der Waals surface area contributed by atoms with Crippen LogP contribution < -0.4 is 10.6 Å². The standard InChI is InChI=1S/C20H25N3O6/c1-3-15-19(21-12-24)17(13-7-9-14(10-8-13)23(27)28)18(20(25)26)16(22-15)6-4-5-11-29-2/h7-10,12,17,22H,3-6,11H2,1-2H3,(H,21,24)(H,25,26). The van der Waals surface area contributed by atoms with Crippen molar-refractivity contribution in [1.82, 2.24) is 10.6 Å². The van der Waals surface area contributed by atoms with E-state index in [1.807, 2.05) is 6.92 Å². The second-order valence-corrected chi connectivity index (χ2v) is 6.56. The van der Waals surface area contributed by atoms with E-state index < -0.39 is 16.8 Å². The number of nitrogens with one attached hydrogen (secondary N) is 2. The summed E-state index contributed by atoms with van der Waals surface area (Å²) in [6.07, 6.45) is 3.07. The molecule has 2 rings (SSSR count). The molecule has 0 saturated heterocycles. The molecule has 1 amide bonds. The highest BCUT2D eigenvalue weighted by Crippen LogP contribution is 2.39. The topological polar surface area (TPSA) is 131 Å². The van der Waals surface area contributed by atoms with E-state index in [4.69, 9.17) is 4.74 Å². The summed E-state index contributed by atoms with van der Waals surface area (Å²) in [6.45, 7) is 2.48. The second kappa shape index (κ2) is 10.4. The number of carboxylic acids is 1. The maximum atomic E-state index is 12.2. The van der Waals surface area contributed by atoms with Crippen LogP contribution in [0.4, 0.5) is 5.69 Å². The monoisotopic (exact) mass is 403 g/mol. The van der Waals surface area contributed by atoms with Gasteiger partial charge in [-0.05, 0) is 31.2 Å². The number of benzene rings is 1. The van der Waals surface area contributed by atoms with E-state index in [0.717, 1.165) is 12.8 Å². The van der Waals surface area contributed by atoms with Crippen molar-refractivity contribution >= 4 is 18.1 Å². The highest BCUT2D eigenvalue weighted by atomic mass is 16.6. The summed E-state index contributed by atoms with van der Waals surface area (Å²) in [6, 6.07) is 5.72. The van der Waals surface area contributed by atoms with Gasteiger partial charge in [-0.2, -0.15) is 0 Å². The Morgan fingerprint density at radius 3 is 2.52 bits per heavy atom. The number of dihydropyridines is 1. The smallest absolute Gasteiger partial charge is 0.334 e. The number of nitro benzene ring substituents is 1. The molecule has 1 aliphatic heterocycles. The first-order valence-corrected chi connectivity index (χ1v) is 9.34. The summed E-state index contributed by atoms with van der Waals surface area (Å²) in [5.74, 6) is -1.85. The van der Waals surface area contributed by atoms with Gasteiger partial charge in [-0.25, -0.2) is 4.79 Å².